The Kier molecular flexibility index (Phi) is 5.03. The smallest absolute Gasteiger partial charge is 0.217 e. The van der Waals surface area contributed by atoms with Crippen molar-refractivity contribution in [2.75, 3.05) is 0 Å². The van der Waals surface area contributed by atoms with Gasteiger partial charge in [-0.3, -0.25) is 4.79 Å². The molecule has 4 heteroatoms. The van der Waals surface area contributed by atoms with E-state index in [2.05, 4.69) is 5.92 Å². The minimum absolute atomic E-state index is 0.113. The van der Waals surface area contributed by atoms with Gasteiger partial charge in [-0.05, 0) is 26.7 Å². The summed E-state index contributed by atoms with van der Waals surface area (Å²) in [6.45, 7) is 3.78. The number of aliphatic hydroxyl groups is 1. The second-order valence-corrected chi connectivity index (χ2v) is 4.09. The second kappa shape index (κ2) is 5.51. The molecule has 0 aliphatic heterocycles. The first-order valence-corrected chi connectivity index (χ1v) is 4.57. The molecule has 0 aromatic rings. The van der Waals surface area contributed by atoms with Gasteiger partial charge in [-0.1, -0.05) is 5.92 Å². The summed E-state index contributed by atoms with van der Waals surface area (Å²) in [5.41, 5.74) is 10.5. The molecule has 5 N–H and O–H groups in total. The molecule has 1 amide bonds. The first kappa shape index (κ1) is 12.8. The minimum atomic E-state index is -0.341. The highest BCUT2D eigenvalue weighted by Crippen LogP contribution is 2.21. The van der Waals surface area contributed by atoms with Crippen LogP contribution >= 0.6 is 0 Å². The Morgan fingerprint density at radius 1 is 1.57 bits per heavy atom. The van der Waals surface area contributed by atoms with Crippen LogP contribution in [0.2, 0.25) is 0 Å². The maximum absolute atomic E-state index is 10.5. The van der Waals surface area contributed by atoms with Gasteiger partial charge in [-0.2, -0.15) is 0 Å². The Bertz CT molecular complexity index is 251. The van der Waals surface area contributed by atoms with Crippen LogP contribution in [-0.4, -0.2) is 17.1 Å². The molecule has 0 spiro atoms. The molecule has 0 rings (SSSR count). The van der Waals surface area contributed by atoms with Crippen molar-refractivity contribution in [2.24, 2.45) is 16.9 Å². The molecular weight excluding hydrogens is 180 g/mol. The normalized spacial score (nSPS) is 12.8. The van der Waals surface area contributed by atoms with Crippen LogP contribution in [-0.2, 0) is 4.79 Å². The van der Waals surface area contributed by atoms with Crippen molar-refractivity contribution in [3.8, 4) is 12.0 Å². The van der Waals surface area contributed by atoms with Crippen molar-refractivity contribution < 1.29 is 9.90 Å². The maximum Gasteiger partial charge on any atom is 0.217 e. The average molecular weight is 198 g/mol. The van der Waals surface area contributed by atoms with Gasteiger partial charge in [0.25, 0.3) is 0 Å². The van der Waals surface area contributed by atoms with Gasteiger partial charge >= 0.3 is 0 Å². The van der Waals surface area contributed by atoms with E-state index in [4.69, 9.17) is 16.6 Å². The summed E-state index contributed by atoms with van der Waals surface area (Å²) < 4.78 is 0. The van der Waals surface area contributed by atoms with Crippen LogP contribution in [0, 0.1) is 17.4 Å². The summed E-state index contributed by atoms with van der Waals surface area (Å²) in [7, 11) is 0. The third-order valence-electron chi connectivity index (χ3n) is 1.93. The summed E-state index contributed by atoms with van der Waals surface area (Å²) in [5.74, 6) is 2.31. The standard InChI is InChI=1S/C10H18N2O2/c1-10(2,5-6-13)7-8(11)3-4-9(12)14/h8,13H,3-4,7,11H2,1-2H3,(H2,12,14). The maximum atomic E-state index is 10.5. The van der Waals surface area contributed by atoms with Crippen molar-refractivity contribution in [1.29, 1.82) is 0 Å². The number of hydrogen-bond donors (Lipinski definition) is 3. The van der Waals surface area contributed by atoms with E-state index in [1.54, 1.807) is 0 Å². The van der Waals surface area contributed by atoms with Gasteiger partial charge in [-0.25, -0.2) is 0 Å². The molecule has 0 saturated heterocycles. The van der Waals surface area contributed by atoms with E-state index in [1.807, 2.05) is 20.0 Å². The Hall–Kier alpha value is -1.21. The molecule has 0 radical (unpaired) electrons. The van der Waals surface area contributed by atoms with Crippen LogP contribution in [0.15, 0.2) is 0 Å². The summed E-state index contributed by atoms with van der Waals surface area (Å²) >= 11 is 0. The van der Waals surface area contributed by atoms with Crippen LogP contribution in [0.4, 0.5) is 0 Å². The molecule has 0 saturated carbocycles. The summed E-state index contributed by atoms with van der Waals surface area (Å²) in [5, 5.41) is 8.46. The lowest BCUT2D eigenvalue weighted by Gasteiger charge is -2.21. The molecule has 0 aliphatic rings. The van der Waals surface area contributed by atoms with E-state index >= 15 is 0 Å². The van der Waals surface area contributed by atoms with Gasteiger partial charge in [0.15, 0.2) is 0 Å². The van der Waals surface area contributed by atoms with Gasteiger partial charge in [0.05, 0.1) is 0 Å². The first-order valence-electron chi connectivity index (χ1n) is 4.57. The van der Waals surface area contributed by atoms with Crippen molar-refractivity contribution in [3.05, 3.63) is 0 Å². The third-order valence-corrected chi connectivity index (χ3v) is 1.93. The minimum Gasteiger partial charge on any atom is -0.462 e. The van der Waals surface area contributed by atoms with E-state index in [-0.39, 0.29) is 17.4 Å². The fourth-order valence-corrected chi connectivity index (χ4v) is 1.29. The Morgan fingerprint density at radius 3 is 2.57 bits per heavy atom. The van der Waals surface area contributed by atoms with E-state index in [1.165, 1.54) is 0 Å². The van der Waals surface area contributed by atoms with Crippen molar-refractivity contribution in [1.82, 2.24) is 0 Å². The Balaban J connectivity index is 3.96. The second-order valence-electron chi connectivity index (χ2n) is 4.09. The largest absolute Gasteiger partial charge is 0.462 e. The number of primary amides is 1. The molecule has 0 aliphatic carbocycles. The van der Waals surface area contributed by atoms with Crippen LogP contribution in [0.1, 0.15) is 33.1 Å². The first-order chi connectivity index (χ1) is 6.37. The fraction of sp³-hybridized carbons (Fsp3) is 0.700. The van der Waals surface area contributed by atoms with E-state index in [0.29, 0.717) is 19.3 Å². The molecule has 0 aromatic carbocycles. The lowest BCUT2D eigenvalue weighted by Crippen LogP contribution is -2.28. The van der Waals surface area contributed by atoms with Gasteiger partial charge < -0.3 is 16.6 Å². The zero-order valence-electron chi connectivity index (χ0n) is 8.71. The third kappa shape index (κ3) is 6.32. The fourth-order valence-electron chi connectivity index (χ4n) is 1.29. The molecule has 1 unspecified atom stereocenters. The number of amides is 1. The number of carbonyl (C=O) groups is 1. The molecule has 0 bridgehead atoms. The zero-order chi connectivity index (χ0) is 11.2. The van der Waals surface area contributed by atoms with Gasteiger partial charge in [0.1, 0.15) is 6.11 Å². The highest BCUT2D eigenvalue weighted by atomic mass is 16.2. The molecule has 1 atom stereocenters. The number of hydrogen-bond acceptors (Lipinski definition) is 3. The van der Waals surface area contributed by atoms with Crippen LogP contribution in [0.25, 0.3) is 0 Å². The molecule has 0 aromatic heterocycles. The summed E-state index contributed by atoms with van der Waals surface area (Å²) in [6.07, 6.45) is 3.37. The molecule has 0 fully saturated rings. The summed E-state index contributed by atoms with van der Waals surface area (Å²) in [6, 6.07) is -0.113. The number of carbonyl (C=O) groups excluding carboxylic acids is 1. The van der Waals surface area contributed by atoms with Crippen LogP contribution < -0.4 is 11.5 Å². The quantitative estimate of drug-likeness (QED) is 0.556. The average Bonchev–Trinajstić information content (AvgIpc) is 1.99. The predicted molar refractivity (Wildman–Crippen MR) is 54.5 cm³/mol. The monoisotopic (exact) mass is 198 g/mol. The molecule has 80 valence electrons. The lowest BCUT2D eigenvalue weighted by atomic mass is 9.85. The van der Waals surface area contributed by atoms with Gasteiger partial charge in [0, 0.05) is 17.9 Å². The van der Waals surface area contributed by atoms with E-state index in [9.17, 15) is 4.79 Å². The molecule has 0 heterocycles. The van der Waals surface area contributed by atoms with Gasteiger partial charge in [-0.15, -0.1) is 0 Å². The van der Waals surface area contributed by atoms with Gasteiger partial charge in [0.2, 0.25) is 5.91 Å². The van der Waals surface area contributed by atoms with Crippen molar-refractivity contribution in [3.63, 3.8) is 0 Å². The molecule has 14 heavy (non-hydrogen) atoms. The summed E-state index contributed by atoms with van der Waals surface area (Å²) in [4.78, 5) is 10.5. The zero-order valence-corrected chi connectivity index (χ0v) is 8.71. The number of aliphatic hydroxyl groups excluding tert-OH is 1. The van der Waals surface area contributed by atoms with Crippen LogP contribution in [0.3, 0.4) is 0 Å². The Labute approximate surface area is 84.7 Å². The number of nitrogens with two attached hydrogens (primary N) is 2. The molecular formula is C10H18N2O2. The van der Waals surface area contributed by atoms with Crippen molar-refractivity contribution >= 4 is 5.91 Å². The highest BCUT2D eigenvalue weighted by molar-refractivity contribution is 5.73. The number of rotatable bonds is 5. The topological polar surface area (TPSA) is 89.3 Å². The van der Waals surface area contributed by atoms with Crippen LogP contribution in [0.5, 0.6) is 0 Å². The van der Waals surface area contributed by atoms with E-state index in [0.717, 1.165) is 0 Å². The molecule has 4 nitrogen and oxygen atoms in total. The lowest BCUT2D eigenvalue weighted by molar-refractivity contribution is -0.118. The predicted octanol–water partition coefficient (Wildman–Crippen LogP) is 0.329. The highest BCUT2D eigenvalue weighted by Gasteiger charge is 2.19. The van der Waals surface area contributed by atoms with Crippen molar-refractivity contribution in [2.45, 2.75) is 39.2 Å². The Morgan fingerprint density at radius 2 is 2.14 bits per heavy atom. The SMILES string of the molecule is CC(C)(C#CO)CC(N)CCC(N)=O. The van der Waals surface area contributed by atoms with E-state index < -0.39 is 0 Å².